The highest BCUT2D eigenvalue weighted by molar-refractivity contribution is 5.94. The van der Waals surface area contributed by atoms with Crippen LogP contribution in [0.15, 0.2) is 62.2 Å². The molecule has 24 heavy (non-hydrogen) atoms. The van der Waals surface area contributed by atoms with E-state index in [1.807, 2.05) is 12.1 Å². The van der Waals surface area contributed by atoms with Crippen LogP contribution >= 0.6 is 0 Å². The van der Waals surface area contributed by atoms with E-state index in [-0.39, 0.29) is 5.91 Å². The van der Waals surface area contributed by atoms with Gasteiger partial charge < -0.3 is 10.4 Å². The molecule has 126 valence electrons. The Bertz CT molecular complexity index is 682. The summed E-state index contributed by atoms with van der Waals surface area (Å²) in [5.41, 5.74) is 0.277. The second kappa shape index (κ2) is 7.70. The van der Waals surface area contributed by atoms with Gasteiger partial charge in [-0.3, -0.25) is 9.36 Å². The Labute approximate surface area is 141 Å². The number of carbonyl (C=O) groups excluding carboxylic acids is 1. The fourth-order valence-corrected chi connectivity index (χ4v) is 2.47. The first-order chi connectivity index (χ1) is 11.5. The van der Waals surface area contributed by atoms with Crippen LogP contribution in [0.5, 0.6) is 0 Å². The maximum Gasteiger partial charge on any atom is 0.251 e. The molecule has 0 spiro atoms. The first-order valence-electron chi connectivity index (χ1n) is 7.70. The van der Waals surface area contributed by atoms with E-state index < -0.39 is 11.6 Å². The van der Waals surface area contributed by atoms with E-state index in [1.165, 1.54) is 0 Å². The predicted molar refractivity (Wildman–Crippen MR) is 92.9 cm³/mol. The van der Waals surface area contributed by atoms with Gasteiger partial charge in [0.25, 0.3) is 5.91 Å². The predicted octanol–water partition coefficient (Wildman–Crippen LogP) is 2.27. The third-order valence-electron chi connectivity index (χ3n) is 4.00. The molecule has 1 aromatic carbocycles. The molecule has 0 saturated heterocycles. The monoisotopic (exact) mass is 326 g/mol. The van der Waals surface area contributed by atoms with Crippen molar-refractivity contribution in [1.29, 1.82) is 0 Å². The third kappa shape index (κ3) is 3.97. The molecule has 0 bridgehead atoms. The first kappa shape index (κ1) is 17.6. The lowest BCUT2D eigenvalue weighted by atomic mass is 9.88. The normalized spacial score (nSPS) is 12.4. The first-order valence-corrected chi connectivity index (χ1v) is 7.70. The SMILES string of the molecule is C=CCC(O)(CC=C)[C@@H](C)NC(=O)c1ccc(-n2cnnc2)cc1. The lowest BCUT2D eigenvalue weighted by Crippen LogP contribution is -2.50. The standard InChI is InChI=1S/C18H22N4O2/c1-4-10-18(24,11-5-2)14(3)21-17(23)15-6-8-16(9-7-15)22-12-19-20-13-22/h4-9,12-14,24H,1-2,10-11H2,3H3,(H,21,23)/t14-/m1/s1. The Morgan fingerprint density at radius 3 is 2.29 bits per heavy atom. The number of amides is 1. The molecule has 6 heteroatoms. The number of rotatable bonds is 8. The average molecular weight is 326 g/mol. The lowest BCUT2D eigenvalue weighted by molar-refractivity contribution is 0.0127. The van der Waals surface area contributed by atoms with Gasteiger partial charge in [0, 0.05) is 11.3 Å². The van der Waals surface area contributed by atoms with E-state index in [1.54, 1.807) is 48.4 Å². The van der Waals surface area contributed by atoms with Crippen molar-refractivity contribution in [2.75, 3.05) is 0 Å². The zero-order chi connectivity index (χ0) is 17.6. The molecule has 2 aromatic rings. The molecule has 0 aliphatic heterocycles. The molecule has 1 amide bonds. The minimum Gasteiger partial charge on any atom is -0.387 e. The summed E-state index contributed by atoms with van der Waals surface area (Å²) in [7, 11) is 0. The summed E-state index contributed by atoms with van der Waals surface area (Å²) in [4.78, 5) is 12.4. The third-order valence-corrected chi connectivity index (χ3v) is 4.00. The van der Waals surface area contributed by atoms with Gasteiger partial charge >= 0.3 is 0 Å². The van der Waals surface area contributed by atoms with Gasteiger partial charge in [-0.05, 0) is 44.0 Å². The van der Waals surface area contributed by atoms with Crippen molar-refractivity contribution in [3.63, 3.8) is 0 Å². The van der Waals surface area contributed by atoms with Gasteiger partial charge in [-0.2, -0.15) is 0 Å². The van der Waals surface area contributed by atoms with Crippen molar-refractivity contribution < 1.29 is 9.90 Å². The zero-order valence-corrected chi connectivity index (χ0v) is 13.7. The number of aliphatic hydroxyl groups is 1. The average Bonchev–Trinajstić information content (AvgIpc) is 3.10. The Balaban J connectivity index is 2.08. The van der Waals surface area contributed by atoms with E-state index >= 15 is 0 Å². The van der Waals surface area contributed by atoms with Crippen LogP contribution in [0.3, 0.4) is 0 Å². The topological polar surface area (TPSA) is 80.0 Å². The number of hydrogen-bond donors (Lipinski definition) is 2. The Morgan fingerprint density at radius 1 is 1.25 bits per heavy atom. The summed E-state index contributed by atoms with van der Waals surface area (Å²) < 4.78 is 1.75. The quantitative estimate of drug-likeness (QED) is 0.729. The summed E-state index contributed by atoms with van der Waals surface area (Å²) in [5.74, 6) is -0.246. The van der Waals surface area contributed by atoms with Crippen LogP contribution in [0.2, 0.25) is 0 Å². The highest BCUT2D eigenvalue weighted by atomic mass is 16.3. The van der Waals surface area contributed by atoms with Crippen molar-refractivity contribution >= 4 is 5.91 Å². The summed E-state index contributed by atoms with van der Waals surface area (Å²) in [5, 5.41) is 21.0. The van der Waals surface area contributed by atoms with Gasteiger partial charge in [0.15, 0.2) is 0 Å². The van der Waals surface area contributed by atoms with Crippen LogP contribution < -0.4 is 5.32 Å². The summed E-state index contributed by atoms with van der Waals surface area (Å²) >= 11 is 0. The van der Waals surface area contributed by atoms with Gasteiger partial charge in [-0.25, -0.2) is 0 Å². The molecule has 0 fully saturated rings. The maximum atomic E-state index is 12.4. The summed E-state index contributed by atoms with van der Waals surface area (Å²) in [6, 6.07) is 6.61. The largest absolute Gasteiger partial charge is 0.387 e. The van der Waals surface area contributed by atoms with Crippen molar-refractivity contribution in [3.8, 4) is 5.69 Å². The second-order valence-corrected chi connectivity index (χ2v) is 5.70. The number of nitrogens with one attached hydrogen (secondary N) is 1. The maximum absolute atomic E-state index is 12.4. The second-order valence-electron chi connectivity index (χ2n) is 5.70. The number of nitrogens with zero attached hydrogens (tertiary/aromatic N) is 3. The molecule has 2 N–H and O–H groups in total. The highest BCUT2D eigenvalue weighted by Crippen LogP contribution is 2.21. The van der Waals surface area contributed by atoms with Gasteiger partial charge in [-0.1, -0.05) is 12.2 Å². The van der Waals surface area contributed by atoms with E-state index in [0.29, 0.717) is 18.4 Å². The van der Waals surface area contributed by atoms with Crippen molar-refractivity contribution in [2.24, 2.45) is 0 Å². The molecular weight excluding hydrogens is 304 g/mol. The molecule has 1 aromatic heterocycles. The van der Waals surface area contributed by atoms with Crippen LogP contribution in [0.25, 0.3) is 5.69 Å². The van der Waals surface area contributed by atoms with Crippen LogP contribution in [-0.2, 0) is 0 Å². The molecule has 0 saturated carbocycles. The Hall–Kier alpha value is -2.73. The zero-order valence-electron chi connectivity index (χ0n) is 13.7. The van der Waals surface area contributed by atoms with Crippen LogP contribution in [0.1, 0.15) is 30.1 Å². The summed E-state index contributed by atoms with van der Waals surface area (Å²) in [6.45, 7) is 9.10. The molecule has 0 aliphatic rings. The van der Waals surface area contributed by atoms with Crippen molar-refractivity contribution in [2.45, 2.75) is 31.4 Å². The van der Waals surface area contributed by atoms with Crippen molar-refractivity contribution in [1.82, 2.24) is 20.1 Å². The van der Waals surface area contributed by atoms with Crippen LogP contribution in [0.4, 0.5) is 0 Å². The minimum atomic E-state index is -1.10. The van der Waals surface area contributed by atoms with Crippen molar-refractivity contribution in [3.05, 3.63) is 67.8 Å². The highest BCUT2D eigenvalue weighted by Gasteiger charge is 2.32. The molecule has 1 atom stereocenters. The lowest BCUT2D eigenvalue weighted by Gasteiger charge is -2.33. The molecule has 2 rings (SSSR count). The van der Waals surface area contributed by atoms with E-state index in [4.69, 9.17) is 0 Å². The van der Waals surface area contributed by atoms with Gasteiger partial charge in [0.05, 0.1) is 11.6 Å². The van der Waals surface area contributed by atoms with Crippen LogP contribution in [0, 0.1) is 0 Å². The Morgan fingerprint density at radius 2 is 1.79 bits per heavy atom. The number of benzene rings is 1. The summed E-state index contributed by atoms with van der Waals surface area (Å²) in [6.07, 6.45) is 7.18. The fourth-order valence-electron chi connectivity index (χ4n) is 2.47. The van der Waals surface area contributed by atoms with Crippen LogP contribution in [-0.4, -0.2) is 37.4 Å². The Kier molecular flexibility index (Phi) is 5.65. The molecule has 0 unspecified atom stereocenters. The van der Waals surface area contributed by atoms with Gasteiger partial charge in [0.2, 0.25) is 0 Å². The van der Waals surface area contributed by atoms with E-state index in [9.17, 15) is 9.90 Å². The fraction of sp³-hybridized carbons (Fsp3) is 0.278. The van der Waals surface area contributed by atoms with Gasteiger partial charge in [-0.15, -0.1) is 23.4 Å². The van der Waals surface area contributed by atoms with E-state index in [0.717, 1.165) is 5.69 Å². The molecule has 1 heterocycles. The smallest absolute Gasteiger partial charge is 0.251 e. The van der Waals surface area contributed by atoms with E-state index in [2.05, 4.69) is 28.7 Å². The van der Waals surface area contributed by atoms with Gasteiger partial charge in [0.1, 0.15) is 12.7 Å². The number of aromatic nitrogens is 3. The molecule has 0 radical (unpaired) electrons. The minimum absolute atomic E-state index is 0.246. The molecule has 0 aliphatic carbocycles. The molecule has 6 nitrogen and oxygen atoms in total. The molecular formula is C18H22N4O2. The number of carbonyl (C=O) groups is 1. The number of hydrogen-bond acceptors (Lipinski definition) is 4.